The Hall–Kier alpha value is -1.10. The van der Waals surface area contributed by atoms with Gasteiger partial charge in [0.2, 0.25) is 5.91 Å². The van der Waals surface area contributed by atoms with E-state index in [0.29, 0.717) is 0 Å². The maximum absolute atomic E-state index is 12.3. The zero-order valence-corrected chi connectivity index (χ0v) is 14.9. The van der Waals surface area contributed by atoms with Gasteiger partial charge < -0.3 is 15.4 Å². The van der Waals surface area contributed by atoms with Crippen LogP contribution in [0.4, 0.5) is 0 Å². The Bertz CT molecular complexity index is 459. The van der Waals surface area contributed by atoms with Gasteiger partial charge in [0.15, 0.2) is 0 Å². The number of benzene rings is 1. The van der Waals surface area contributed by atoms with E-state index in [1.165, 1.54) is 5.56 Å². The Morgan fingerprint density at radius 1 is 1.26 bits per heavy atom. The van der Waals surface area contributed by atoms with Gasteiger partial charge in [0.05, 0.1) is 18.6 Å². The van der Waals surface area contributed by atoms with E-state index in [-0.39, 0.29) is 36.4 Å². The van der Waals surface area contributed by atoms with E-state index in [4.69, 9.17) is 10.5 Å². The molecule has 2 unspecified atom stereocenters. The van der Waals surface area contributed by atoms with E-state index in [0.717, 1.165) is 39.0 Å². The second-order valence-corrected chi connectivity index (χ2v) is 6.28. The lowest BCUT2D eigenvalue weighted by molar-refractivity contribution is -0.138. The summed E-state index contributed by atoms with van der Waals surface area (Å²) >= 11 is 0. The van der Waals surface area contributed by atoms with Gasteiger partial charge in [0, 0.05) is 19.1 Å². The van der Waals surface area contributed by atoms with Crippen molar-refractivity contribution < 1.29 is 9.53 Å². The van der Waals surface area contributed by atoms with Crippen LogP contribution < -0.4 is 5.73 Å². The number of hydrogen-bond donors (Lipinski definition) is 1. The summed E-state index contributed by atoms with van der Waals surface area (Å²) in [6.45, 7) is 6.12. The Labute approximate surface area is 145 Å². The summed E-state index contributed by atoms with van der Waals surface area (Å²) in [6.07, 6.45) is 3.07. The molecular weight excluding hydrogens is 312 g/mol. The molecule has 0 radical (unpaired) electrons. The molecule has 1 aliphatic heterocycles. The Kier molecular flexibility index (Phi) is 8.59. The summed E-state index contributed by atoms with van der Waals surface area (Å²) in [4.78, 5) is 14.2. The van der Waals surface area contributed by atoms with Gasteiger partial charge in [0.1, 0.15) is 0 Å². The number of amides is 1. The zero-order valence-electron chi connectivity index (χ0n) is 14.1. The van der Waals surface area contributed by atoms with E-state index in [9.17, 15) is 4.79 Å². The number of halogens is 1. The number of likely N-dealkylation sites (tertiary alicyclic amines) is 1. The van der Waals surface area contributed by atoms with Gasteiger partial charge in [0.25, 0.3) is 0 Å². The zero-order chi connectivity index (χ0) is 15.9. The molecule has 1 aromatic rings. The van der Waals surface area contributed by atoms with Crippen molar-refractivity contribution in [2.45, 2.75) is 45.3 Å². The monoisotopic (exact) mass is 340 g/mol. The topological polar surface area (TPSA) is 55.6 Å². The lowest BCUT2D eigenvalue weighted by atomic mass is 10.0. The van der Waals surface area contributed by atoms with E-state index in [1.807, 2.05) is 24.8 Å². The number of ether oxygens (including phenoxy) is 1. The van der Waals surface area contributed by atoms with Crippen molar-refractivity contribution in [3.63, 3.8) is 0 Å². The largest absolute Gasteiger partial charge is 0.378 e. The average Bonchev–Trinajstić information content (AvgIpc) is 2.55. The molecule has 1 aromatic carbocycles. The van der Waals surface area contributed by atoms with Crippen molar-refractivity contribution in [2.75, 3.05) is 19.7 Å². The highest BCUT2D eigenvalue weighted by Gasteiger charge is 2.27. The van der Waals surface area contributed by atoms with Crippen LogP contribution in [0.15, 0.2) is 30.3 Å². The van der Waals surface area contributed by atoms with Crippen molar-refractivity contribution in [3.05, 3.63) is 35.9 Å². The van der Waals surface area contributed by atoms with Crippen LogP contribution in [-0.2, 0) is 16.0 Å². The Morgan fingerprint density at radius 3 is 2.43 bits per heavy atom. The van der Waals surface area contributed by atoms with Crippen molar-refractivity contribution >= 4 is 18.3 Å². The molecule has 0 saturated carbocycles. The third-order valence-electron chi connectivity index (χ3n) is 4.52. The second kappa shape index (κ2) is 9.91. The first-order valence-electron chi connectivity index (χ1n) is 8.28. The highest BCUT2D eigenvalue weighted by molar-refractivity contribution is 5.85. The molecule has 5 heteroatoms. The number of hydrogen-bond acceptors (Lipinski definition) is 3. The van der Waals surface area contributed by atoms with Crippen molar-refractivity contribution in [3.8, 4) is 0 Å². The van der Waals surface area contributed by atoms with Crippen LogP contribution >= 0.6 is 12.4 Å². The molecule has 0 aliphatic carbocycles. The minimum atomic E-state index is -0.101. The quantitative estimate of drug-likeness (QED) is 0.866. The van der Waals surface area contributed by atoms with Crippen LogP contribution in [0, 0.1) is 5.92 Å². The number of piperidine rings is 1. The molecule has 1 amide bonds. The third-order valence-corrected chi connectivity index (χ3v) is 4.52. The number of carbonyl (C=O) groups excluding carboxylic acids is 1. The summed E-state index contributed by atoms with van der Waals surface area (Å²) in [5, 5.41) is 0. The SMILES string of the molecule is CC(N)C(C)C(=O)N1CCC(OCCc2ccccc2)CC1.Cl. The predicted molar refractivity (Wildman–Crippen MR) is 95.8 cm³/mol. The van der Waals surface area contributed by atoms with Crippen LogP contribution in [-0.4, -0.2) is 42.6 Å². The molecule has 0 bridgehead atoms. The summed E-state index contributed by atoms with van der Waals surface area (Å²) in [6, 6.07) is 10.3. The Balaban J connectivity index is 0.00000264. The lowest BCUT2D eigenvalue weighted by Gasteiger charge is -2.34. The standard InChI is InChI=1S/C18H28N2O2.ClH/c1-14(15(2)19)18(21)20-11-8-17(9-12-20)22-13-10-16-6-4-3-5-7-16;/h3-7,14-15,17H,8-13,19H2,1-2H3;1H. The molecule has 4 nitrogen and oxygen atoms in total. The highest BCUT2D eigenvalue weighted by Crippen LogP contribution is 2.17. The molecule has 0 spiro atoms. The molecule has 2 N–H and O–H groups in total. The minimum absolute atomic E-state index is 0. The molecule has 1 heterocycles. The smallest absolute Gasteiger partial charge is 0.226 e. The van der Waals surface area contributed by atoms with Crippen molar-refractivity contribution in [2.24, 2.45) is 11.7 Å². The number of carbonyl (C=O) groups is 1. The van der Waals surface area contributed by atoms with Crippen LogP contribution in [0.25, 0.3) is 0 Å². The van der Waals surface area contributed by atoms with Gasteiger partial charge in [-0.2, -0.15) is 0 Å². The minimum Gasteiger partial charge on any atom is -0.378 e. The summed E-state index contributed by atoms with van der Waals surface area (Å²) in [5.41, 5.74) is 7.13. The summed E-state index contributed by atoms with van der Waals surface area (Å²) < 4.78 is 5.96. The maximum atomic E-state index is 12.3. The van der Waals surface area contributed by atoms with Gasteiger partial charge >= 0.3 is 0 Å². The first-order chi connectivity index (χ1) is 10.6. The fraction of sp³-hybridized carbons (Fsp3) is 0.611. The summed E-state index contributed by atoms with van der Waals surface area (Å²) in [5.74, 6) is 0.0771. The molecule has 1 saturated heterocycles. The maximum Gasteiger partial charge on any atom is 0.226 e. The summed E-state index contributed by atoms with van der Waals surface area (Å²) in [7, 11) is 0. The molecule has 1 fully saturated rings. The normalized spacial score (nSPS) is 18.1. The molecular formula is C18H29ClN2O2. The van der Waals surface area contributed by atoms with E-state index in [2.05, 4.69) is 24.3 Å². The highest BCUT2D eigenvalue weighted by atomic mass is 35.5. The molecule has 0 aromatic heterocycles. The molecule has 130 valence electrons. The second-order valence-electron chi connectivity index (χ2n) is 6.28. The predicted octanol–water partition coefficient (Wildman–Crippen LogP) is 2.64. The van der Waals surface area contributed by atoms with Gasteiger partial charge in [-0.25, -0.2) is 0 Å². The van der Waals surface area contributed by atoms with E-state index < -0.39 is 0 Å². The van der Waals surface area contributed by atoms with Crippen LogP contribution in [0.5, 0.6) is 0 Å². The Morgan fingerprint density at radius 2 is 1.87 bits per heavy atom. The third kappa shape index (κ3) is 6.13. The van der Waals surface area contributed by atoms with Crippen LogP contribution in [0.2, 0.25) is 0 Å². The first-order valence-corrected chi connectivity index (χ1v) is 8.28. The number of nitrogens with two attached hydrogens (primary N) is 1. The molecule has 23 heavy (non-hydrogen) atoms. The van der Waals surface area contributed by atoms with Gasteiger partial charge in [-0.3, -0.25) is 4.79 Å². The lowest BCUT2D eigenvalue weighted by Crippen LogP contribution is -2.46. The molecule has 2 atom stereocenters. The number of rotatable bonds is 6. The van der Waals surface area contributed by atoms with E-state index >= 15 is 0 Å². The average molecular weight is 341 g/mol. The van der Waals surface area contributed by atoms with Crippen LogP contribution in [0.1, 0.15) is 32.3 Å². The molecule has 2 rings (SSSR count). The van der Waals surface area contributed by atoms with Gasteiger partial charge in [-0.15, -0.1) is 12.4 Å². The van der Waals surface area contributed by atoms with Crippen LogP contribution in [0.3, 0.4) is 0 Å². The molecule has 1 aliphatic rings. The van der Waals surface area contributed by atoms with Crippen molar-refractivity contribution in [1.29, 1.82) is 0 Å². The van der Waals surface area contributed by atoms with Gasteiger partial charge in [-0.05, 0) is 31.7 Å². The van der Waals surface area contributed by atoms with Crippen molar-refractivity contribution in [1.82, 2.24) is 4.90 Å². The van der Waals surface area contributed by atoms with Gasteiger partial charge in [-0.1, -0.05) is 37.3 Å². The fourth-order valence-electron chi connectivity index (χ4n) is 2.74. The number of nitrogens with zero attached hydrogens (tertiary/aromatic N) is 1. The first kappa shape index (κ1) is 19.9. The fourth-order valence-corrected chi connectivity index (χ4v) is 2.74. The van der Waals surface area contributed by atoms with E-state index in [1.54, 1.807) is 0 Å².